The lowest BCUT2D eigenvalue weighted by molar-refractivity contribution is 0.0702. The Balaban J connectivity index is 2.01. The molecule has 0 radical (unpaired) electrons. The van der Waals surface area contributed by atoms with Gasteiger partial charge >= 0.3 is 0 Å². The molecule has 0 spiro atoms. The van der Waals surface area contributed by atoms with Gasteiger partial charge in [-0.3, -0.25) is 4.79 Å². The van der Waals surface area contributed by atoms with Crippen molar-refractivity contribution in [2.45, 2.75) is 18.9 Å². The third kappa shape index (κ3) is 3.33. The fraction of sp³-hybridized carbons (Fsp3) is 0.545. The van der Waals surface area contributed by atoms with Gasteiger partial charge in [0.05, 0.1) is 18.1 Å². The van der Waals surface area contributed by atoms with E-state index in [9.17, 15) is 13.2 Å². The van der Waals surface area contributed by atoms with Crippen molar-refractivity contribution in [1.82, 2.24) is 9.62 Å². The molecule has 7 heteroatoms. The van der Waals surface area contributed by atoms with E-state index >= 15 is 0 Å². The zero-order chi connectivity index (χ0) is 13.2. The van der Waals surface area contributed by atoms with E-state index < -0.39 is 10.0 Å². The lowest BCUT2D eigenvalue weighted by Gasteiger charge is -2.32. The van der Waals surface area contributed by atoms with E-state index in [1.165, 1.54) is 12.5 Å². The van der Waals surface area contributed by atoms with Crippen LogP contribution in [0.4, 0.5) is 0 Å². The molecule has 1 aromatic rings. The van der Waals surface area contributed by atoms with E-state index in [4.69, 9.17) is 4.42 Å². The lowest BCUT2D eigenvalue weighted by atomic mass is 10.1. The quantitative estimate of drug-likeness (QED) is 0.865. The van der Waals surface area contributed by atoms with Gasteiger partial charge in [0.1, 0.15) is 6.26 Å². The van der Waals surface area contributed by atoms with Crippen LogP contribution in [0.1, 0.15) is 23.2 Å². The first-order chi connectivity index (χ1) is 8.46. The fourth-order valence-electron chi connectivity index (χ4n) is 2.13. The van der Waals surface area contributed by atoms with Crippen LogP contribution in [0.2, 0.25) is 0 Å². The molecule has 0 bridgehead atoms. The minimum atomic E-state index is -3.23. The fourth-order valence-corrected chi connectivity index (χ4v) is 2.93. The van der Waals surface area contributed by atoms with Crippen LogP contribution in [0, 0.1) is 0 Å². The van der Waals surface area contributed by atoms with Crippen molar-refractivity contribution in [1.29, 1.82) is 0 Å². The summed E-state index contributed by atoms with van der Waals surface area (Å²) in [6.07, 6.45) is 5.52. The molecule has 0 aliphatic carbocycles. The molecular formula is C11H16N2O4S. The molecule has 1 amide bonds. The van der Waals surface area contributed by atoms with Crippen LogP contribution in [0.25, 0.3) is 0 Å². The van der Waals surface area contributed by atoms with Crippen LogP contribution < -0.4 is 4.72 Å². The first kappa shape index (κ1) is 13.1. The number of hydrogen-bond donors (Lipinski definition) is 1. The zero-order valence-electron chi connectivity index (χ0n) is 10.1. The molecule has 2 rings (SSSR count). The summed E-state index contributed by atoms with van der Waals surface area (Å²) in [5, 5.41) is 0. The van der Waals surface area contributed by atoms with Crippen molar-refractivity contribution in [3.63, 3.8) is 0 Å². The number of amides is 1. The highest BCUT2D eigenvalue weighted by Crippen LogP contribution is 2.14. The number of carbonyl (C=O) groups excluding carboxylic acids is 1. The minimum Gasteiger partial charge on any atom is -0.472 e. The molecule has 1 aromatic heterocycles. The van der Waals surface area contributed by atoms with Crippen molar-refractivity contribution in [2.75, 3.05) is 19.3 Å². The predicted octanol–water partition coefficient (Wildman–Crippen LogP) is 0.433. The number of nitrogens with zero attached hydrogens (tertiary/aromatic N) is 1. The van der Waals surface area contributed by atoms with Crippen LogP contribution >= 0.6 is 0 Å². The first-order valence-corrected chi connectivity index (χ1v) is 7.63. The molecule has 1 saturated heterocycles. The van der Waals surface area contributed by atoms with Crippen LogP contribution in [0.15, 0.2) is 23.0 Å². The van der Waals surface area contributed by atoms with Crippen molar-refractivity contribution in [2.24, 2.45) is 0 Å². The van der Waals surface area contributed by atoms with Crippen LogP contribution in [-0.4, -0.2) is 44.6 Å². The summed E-state index contributed by atoms with van der Waals surface area (Å²) >= 11 is 0. The molecule has 1 N–H and O–H groups in total. The standard InChI is InChI=1S/C11H16N2O4S/c1-18(15,16)12-10-3-2-5-13(7-10)11(14)9-4-6-17-8-9/h4,6,8,10,12H,2-3,5,7H2,1H3/t10-/m0/s1. The molecule has 0 aromatic carbocycles. The summed E-state index contributed by atoms with van der Waals surface area (Å²) in [6, 6.07) is 1.40. The number of rotatable bonds is 3. The Morgan fingerprint density at radius 2 is 2.33 bits per heavy atom. The minimum absolute atomic E-state index is 0.122. The van der Waals surface area contributed by atoms with E-state index in [0.717, 1.165) is 19.1 Å². The van der Waals surface area contributed by atoms with Gasteiger partial charge in [-0.15, -0.1) is 0 Å². The van der Waals surface area contributed by atoms with E-state index in [-0.39, 0.29) is 11.9 Å². The Morgan fingerprint density at radius 1 is 1.56 bits per heavy atom. The molecule has 0 saturated carbocycles. The molecule has 1 aliphatic rings. The summed E-state index contributed by atoms with van der Waals surface area (Å²) in [6.45, 7) is 1.04. The molecule has 1 atom stereocenters. The molecule has 0 unspecified atom stereocenters. The Labute approximate surface area is 106 Å². The number of carbonyl (C=O) groups is 1. The van der Waals surface area contributed by atoms with Gasteiger partial charge in [-0.25, -0.2) is 13.1 Å². The van der Waals surface area contributed by atoms with Gasteiger partial charge in [0.2, 0.25) is 10.0 Å². The molecular weight excluding hydrogens is 256 g/mol. The summed E-state index contributed by atoms with van der Waals surface area (Å²) in [5.41, 5.74) is 0.495. The average Bonchev–Trinajstić information content (AvgIpc) is 2.79. The number of hydrogen-bond acceptors (Lipinski definition) is 4. The maximum absolute atomic E-state index is 12.1. The Hall–Kier alpha value is -1.34. The summed E-state index contributed by atoms with van der Waals surface area (Å²) in [5.74, 6) is -0.122. The summed E-state index contributed by atoms with van der Waals surface area (Å²) in [4.78, 5) is 13.7. The Bertz CT molecular complexity index is 509. The van der Waals surface area contributed by atoms with Gasteiger partial charge in [-0.05, 0) is 18.9 Å². The topological polar surface area (TPSA) is 79.6 Å². The smallest absolute Gasteiger partial charge is 0.257 e. The number of nitrogens with one attached hydrogen (secondary N) is 1. The average molecular weight is 272 g/mol. The normalized spacial score (nSPS) is 20.9. The monoisotopic (exact) mass is 272 g/mol. The van der Waals surface area contributed by atoms with Gasteiger partial charge in [0, 0.05) is 19.1 Å². The summed E-state index contributed by atoms with van der Waals surface area (Å²) in [7, 11) is -3.23. The molecule has 18 heavy (non-hydrogen) atoms. The SMILES string of the molecule is CS(=O)(=O)N[C@H]1CCCN(C(=O)c2ccoc2)C1. The Morgan fingerprint density at radius 3 is 2.94 bits per heavy atom. The first-order valence-electron chi connectivity index (χ1n) is 5.74. The molecule has 2 heterocycles. The van der Waals surface area contributed by atoms with Crippen molar-refractivity contribution in [3.8, 4) is 0 Å². The zero-order valence-corrected chi connectivity index (χ0v) is 10.9. The highest BCUT2D eigenvalue weighted by atomic mass is 32.2. The van der Waals surface area contributed by atoms with Crippen molar-refractivity contribution >= 4 is 15.9 Å². The van der Waals surface area contributed by atoms with Gasteiger partial charge in [-0.2, -0.15) is 0 Å². The molecule has 1 fully saturated rings. The number of furan rings is 1. The summed E-state index contributed by atoms with van der Waals surface area (Å²) < 4.78 is 29.8. The predicted molar refractivity (Wildman–Crippen MR) is 65.6 cm³/mol. The van der Waals surface area contributed by atoms with E-state index in [1.807, 2.05) is 0 Å². The number of sulfonamides is 1. The molecule has 6 nitrogen and oxygen atoms in total. The third-order valence-electron chi connectivity index (χ3n) is 2.86. The van der Waals surface area contributed by atoms with Crippen LogP contribution in [-0.2, 0) is 10.0 Å². The second-order valence-electron chi connectivity index (χ2n) is 4.49. The Kier molecular flexibility index (Phi) is 3.72. The maximum Gasteiger partial charge on any atom is 0.257 e. The van der Waals surface area contributed by atoms with E-state index in [2.05, 4.69) is 4.72 Å². The van der Waals surface area contributed by atoms with E-state index in [1.54, 1.807) is 11.0 Å². The second kappa shape index (κ2) is 5.11. The highest BCUT2D eigenvalue weighted by molar-refractivity contribution is 7.88. The molecule has 100 valence electrons. The van der Waals surface area contributed by atoms with Gasteiger partial charge in [0.25, 0.3) is 5.91 Å². The third-order valence-corrected chi connectivity index (χ3v) is 3.62. The largest absolute Gasteiger partial charge is 0.472 e. The maximum atomic E-state index is 12.1. The van der Waals surface area contributed by atoms with Gasteiger partial charge in [-0.1, -0.05) is 0 Å². The number of likely N-dealkylation sites (tertiary alicyclic amines) is 1. The lowest BCUT2D eigenvalue weighted by Crippen LogP contribution is -2.49. The second-order valence-corrected chi connectivity index (χ2v) is 6.27. The van der Waals surface area contributed by atoms with Crippen molar-refractivity contribution < 1.29 is 17.6 Å². The number of piperidine rings is 1. The van der Waals surface area contributed by atoms with E-state index in [0.29, 0.717) is 18.7 Å². The van der Waals surface area contributed by atoms with Crippen LogP contribution in [0.3, 0.4) is 0 Å². The van der Waals surface area contributed by atoms with Gasteiger partial charge in [0.15, 0.2) is 0 Å². The van der Waals surface area contributed by atoms with Crippen LogP contribution in [0.5, 0.6) is 0 Å². The van der Waals surface area contributed by atoms with Crippen molar-refractivity contribution in [3.05, 3.63) is 24.2 Å². The van der Waals surface area contributed by atoms with Gasteiger partial charge < -0.3 is 9.32 Å². The molecule has 1 aliphatic heterocycles. The highest BCUT2D eigenvalue weighted by Gasteiger charge is 2.26.